The van der Waals surface area contributed by atoms with Crippen molar-refractivity contribution in [2.45, 2.75) is 13.0 Å². The van der Waals surface area contributed by atoms with E-state index in [2.05, 4.69) is 11.4 Å². The van der Waals surface area contributed by atoms with Gasteiger partial charge in [0, 0.05) is 28.7 Å². The van der Waals surface area contributed by atoms with Crippen molar-refractivity contribution < 1.29 is 4.74 Å². The zero-order valence-corrected chi connectivity index (χ0v) is 15.1. The second kappa shape index (κ2) is 7.88. The average Bonchev–Trinajstić information content (AvgIpc) is 3.05. The smallest absolute Gasteiger partial charge is 0.254 e. The molecule has 0 unspecified atom stereocenters. The molecular weight excluding hydrogens is 365 g/mol. The van der Waals surface area contributed by atoms with Gasteiger partial charge in [-0.3, -0.25) is 4.79 Å². The fraction of sp³-hybridized carbons (Fsp3) is 0.167. The van der Waals surface area contributed by atoms with Crippen molar-refractivity contribution in [3.8, 4) is 5.75 Å². The van der Waals surface area contributed by atoms with Gasteiger partial charge in [0.15, 0.2) is 0 Å². The number of pyridine rings is 1. The molecule has 0 aliphatic heterocycles. The van der Waals surface area contributed by atoms with Gasteiger partial charge in [-0.05, 0) is 46.2 Å². The van der Waals surface area contributed by atoms with E-state index >= 15 is 0 Å². The number of ether oxygens (including phenoxy) is 1. The third-order valence-electron chi connectivity index (χ3n) is 3.56. The Kier molecular flexibility index (Phi) is 5.61. The molecule has 3 rings (SSSR count). The molecule has 0 atom stereocenters. The van der Waals surface area contributed by atoms with E-state index in [1.54, 1.807) is 40.3 Å². The summed E-state index contributed by atoms with van der Waals surface area (Å²) in [6.45, 7) is 0.938. The van der Waals surface area contributed by atoms with E-state index in [1.165, 1.54) is 11.6 Å². The maximum Gasteiger partial charge on any atom is 0.254 e. The zero-order chi connectivity index (χ0) is 16.9. The topological polar surface area (TPSA) is 31.2 Å². The predicted molar refractivity (Wildman–Crippen MR) is 99.8 cm³/mol. The first-order valence-electron chi connectivity index (χ1n) is 7.40. The minimum Gasteiger partial charge on any atom is -0.493 e. The van der Waals surface area contributed by atoms with Gasteiger partial charge >= 0.3 is 0 Å². The number of benzene rings is 1. The van der Waals surface area contributed by atoms with Crippen molar-refractivity contribution in [3.05, 3.63) is 84.9 Å². The highest BCUT2D eigenvalue weighted by Crippen LogP contribution is 2.21. The predicted octanol–water partition coefficient (Wildman–Crippen LogP) is 4.89. The molecule has 0 radical (unpaired) electrons. The van der Waals surface area contributed by atoms with Gasteiger partial charge in [0.05, 0.1) is 13.2 Å². The lowest BCUT2D eigenvalue weighted by molar-refractivity contribution is 0.320. The summed E-state index contributed by atoms with van der Waals surface area (Å²) in [4.78, 5) is 12.2. The number of hydrogen-bond acceptors (Lipinski definition) is 3. The van der Waals surface area contributed by atoms with Crippen molar-refractivity contribution >= 4 is 34.5 Å². The van der Waals surface area contributed by atoms with E-state index in [-0.39, 0.29) is 5.56 Å². The van der Waals surface area contributed by atoms with Crippen LogP contribution in [0, 0.1) is 0 Å². The maximum atomic E-state index is 12.2. The van der Waals surface area contributed by atoms with Crippen molar-refractivity contribution in [2.24, 2.45) is 0 Å². The van der Waals surface area contributed by atoms with Gasteiger partial charge in [0.2, 0.25) is 0 Å². The summed E-state index contributed by atoms with van der Waals surface area (Å²) in [5, 5.41) is 5.26. The third-order valence-corrected chi connectivity index (χ3v) is 4.88. The number of halogens is 2. The molecular formula is C18H15Cl2NO2S. The van der Waals surface area contributed by atoms with Crippen LogP contribution in [0.4, 0.5) is 0 Å². The monoisotopic (exact) mass is 379 g/mol. The third kappa shape index (κ3) is 4.41. The van der Waals surface area contributed by atoms with E-state index < -0.39 is 0 Å². The van der Waals surface area contributed by atoms with Crippen molar-refractivity contribution in [1.82, 2.24) is 4.57 Å². The highest BCUT2D eigenvalue weighted by molar-refractivity contribution is 7.07. The van der Waals surface area contributed by atoms with Gasteiger partial charge in [-0.25, -0.2) is 0 Å². The molecule has 0 spiro atoms. The Morgan fingerprint density at radius 3 is 2.71 bits per heavy atom. The van der Waals surface area contributed by atoms with Crippen LogP contribution < -0.4 is 10.3 Å². The van der Waals surface area contributed by atoms with Crippen LogP contribution in [-0.4, -0.2) is 11.2 Å². The molecule has 0 saturated heterocycles. The van der Waals surface area contributed by atoms with Crippen LogP contribution in [0.5, 0.6) is 5.75 Å². The van der Waals surface area contributed by atoms with E-state index in [0.717, 1.165) is 12.0 Å². The Balaban J connectivity index is 1.65. The van der Waals surface area contributed by atoms with Gasteiger partial charge in [0.1, 0.15) is 5.75 Å². The van der Waals surface area contributed by atoms with Crippen LogP contribution >= 0.6 is 34.5 Å². The van der Waals surface area contributed by atoms with E-state index in [4.69, 9.17) is 27.9 Å². The Bertz CT molecular complexity index is 875. The van der Waals surface area contributed by atoms with Crippen LogP contribution in [0.2, 0.25) is 10.0 Å². The lowest BCUT2D eigenvalue weighted by atomic mass is 10.2. The van der Waals surface area contributed by atoms with Crippen LogP contribution in [0.3, 0.4) is 0 Å². The number of rotatable bonds is 6. The van der Waals surface area contributed by atoms with Gasteiger partial charge in [-0.2, -0.15) is 11.3 Å². The summed E-state index contributed by atoms with van der Waals surface area (Å²) in [7, 11) is 0. The molecule has 2 heterocycles. The standard InChI is InChI=1S/C18H15Cl2NO2S/c19-15-2-1-14(17(20)9-15)11-21-6-3-16(10-18(21)22)23-7-4-13-5-8-24-12-13/h1-3,5-6,8-10,12H,4,7,11H2. The van der Waals surface area contributed by atoms with Crippen molar-refractivity contribution in [3.63, 3.8) is 0 Å². The molecule has 1 aromatic carbocycles. The molecule has 6 heteroatoms. The average molecular weight is 380 g/mol. The summed E-state index contributed by atoms with van der Waals surface area (Å²) in [6, 6.07) is 10.6. The Morgan fingerprint density at radius 2 is 2.00 bits per heavy atom. The molecule has 0 aliphatic carbocycles. The number of nitrogens with zero attached hydrogens (tertiary/aromatic N) is 1. The first-order chi connectivity index (χ1) is 11.6. The molecule has 0 aliphatic rings. The highest BCUT2D eigenvalue weighted by Gasteiger charge is 2.05. The second-order valence-corrected chi connectivity index (χ2v) is 6.92. The minimum atomic E-state index is -0.131. The second-order valence-electron chi connectivity index (χ2n) is 5.29. The maximum absolute atomic E-state index is 12.2. The Morgan fingerprint density at radius 1 is 1.12 bits per heavy atom. The fourth-order valence-electron chi connectivity index (χ4n) is 2.27. The highest BCUT2D eigenvalue weighted by atomic mass is 35.5. The molecule has 0 amide bonds. The molecule has 3 nitrogen and oxygen atoms in total. The quantitative estimate of drug-likeness (QED) is 0.610. The summed E-state index contributed by atoms with van der Waals surface area (Å²) in [6.07, 6.45) is 2.54. The largest absolute Gasteiger partial charge is 0.493 e. The molecule has 2 aromatic heterocycles. The number of thiophene rings is 1. The number of hydrogen-bond donors (Lipinski definition) is 0. The molecule has 124 valence electrons. The lowest BCUT2D eigenvalue weighted by Crippen LogP contribution is -2.19. The molecule has 24 heavy (non-hydrogen) atoms. The van der Waals surface area contributed by atoms with Crippen LogP contribution in [0.15, 0.2) is 58.1 Å². The summed E-state index contributed by atoms with van der Waals surface area (Å²) in [5.74, 6) is 0.577. The first kappa shape index (κ1) is 17.1. The SMILES string of the molecule is O=c1cc(OCCc2ccsc2)ccn1Cc1ccc(Cl)cc1Cl. The van der Waals surface area contributed by atoms with E-state index in [9.17, 15) is 4.79 Å². The van der Waals surface area contributed by atoms with E-state index in [0.29, 0.717) is 28.9 Å². The number of aromatic nitrogens is 1. The molecule has 0 saturated carbocycles. The van der Waals surface area contributed by atoms with Gasteiger partial charge in [0.25, 0.3) is 5.56 Å². The van der Waals surface area contributed by atoms with Crippen LogP contribution in [-0.2, 0) is 13.0 Å². The lowest BCUT2D eigenvalue weighted by Gasteiger charge is -2.10. The van der Waals surface area contributed by atoms with Crippen LogP contribution in [0.1, 0.15) is 11.1 Å². The zero-order valence-electron chi connectivity index (χ0n) is 12.7. The van der Waals surface area contributed by atoms with Gasteiger partial charge in [-0.1, -0.05) is 29.3 Å². The Hall–Kier alpha value is -1.75. The molecule has 0 N–H and O–H groups in total. The molecule has 0 bridgehead atoms. The van der Waals surface area contributed by atoms with E-state index in [1.807, 2.05) is 11.4 Å². The van der Waals surface area contributed by atoms with Gasteiger partial charge < -0.3 is 9.30 Å². The fourth-order valence-corrected chi connectivity index (χ4v) is 3.44. The van der Waals surface area contributed by atoms with Crippen molar-refractivity contribution in [1.29, 1.82) is 0 Å². The van der Waals surface area contributed by atoms with Crippen LogP contribution in [0.25, 0.3) is 0 Å². The molecule has 3 aromatic rings. The summed E-state index contributed by atoms with van der Waals surface area (Å²) >= 11 is 13.7. The van der Waals surface area contributed by atoms with Gasteiger partial charge in [-0.15, -0.1) is 0 Å². The van der Waals surface area contributed by atoms with Crippen molar-refractivity contribution in [2.75, 3.05) is 6.61 Å². The molecule has 0 fully saturated rings. The minimum absolute atomic E-state index is 0.131. The summed E-state index contributed by atoms with van der Waals surface area (Å²) in [5.41, 5.74) is 1.95. The Labute approximate surface area is 154 Å². The normalized spacial score (nSPS) is 10.8. The summed E-state index contributed by atoms with van der Waals surface area (Å²) < 4.78 is 7.24. The first-order valence-corrected chi connectivity index (χ1v) is 9.10.